The van der Waals surface area contributed by atoms with E-state index >= 15 is 0 Å². The lowest BCUT2D eigenvalue weighted by molar-refractivity contribution is 0.0697. The number of hydrogen-bond acceptors (Lipinski definition) is 3. The highest BCUT2D eigenvalue weighted by atomic mass is 35.5. The standard InChI is InChI=1S/C8H5Cl2F2NO4S/c9-4-1-3(7(14)15)2-5(10)6(4)13-18(16,17)8(11)12/h1-2,8,13H,(H,14,15). The molecule has 0 unspecified atom stereocenters. The van der Waals surface area contributed by atoms with Gasteiger partial charge in [0.1, 0.15) is 0 Å². The van der Waals surface area contributed by atoms with Crippen molar-refractivity contribution in [3.8, 4) is 0 Å². The summed E-state index contributed by atoms with van der Waals surface area (Å²) in [7, 11) is -4.93. The molecule has 0 saturated heterocycles. The van der Waals surface area contributed by atoms with E-state index in [1.165, 1.54) is 4.72 Å². The number of sulfonamides is 1. The molecule has 0 atom stereocenters. The molecule has 0 aliphatic rings. The van der Waals surface area contributed by atoms with Crippen molar-refractivity contribution in [1.29, 1.82) is 0 Å². The average molecular weight is 320 g/mol. The zero-order valence-electron chi connectivity index (χ0n) is 8.32. The summed E-state index contributed by atoms with van der Waals surface area (Å²) in [6.07, 6.45) is 0. The lowest BCUT2D eigenvalue weighted by Gasteiger charge is -2.11. The molecule has 1 aromatic carbocycles. The highest BCUT2D eigenvalue weighted by Gasteiger charge is 2.26. The Morgan fingerprint density at radius 3 is 2.06 bits per heavy atom. The van der Waals surface area contributed by atoms with Crippen molar-refractivity contribution in [2.45, 2.75) is 5.76 Å². The van der Waals surface area contributed by atoms with Gasteiger partial charge in [0.05, 0.1) is 21.3 Å². The van der Waals surface area contributed by atoms with Crippen LogP contribution in [0.3, 0.4) is 0 Å². The minimum atomic E-state index is -4.93. The van der Waals surface area contributed by atoms with Crippen molar-refractivity contribution in [2.24, 2.45) is 0 Å². The number of benzene rings is 1. The maximum Gasteiger partial charge on any atom is 0.355 e. The first-order valence-electron chi connectivity index (χ1n) is 4.17. The van der Waals surface area contributed by atoms with Crippen molar-refractivity contribution in [3.63, 3.8) is 0 Å². The number of alkyl halides is 2. The normalized spacial score (nSPS) is 11.6. The van der Waals surface area contributed by atoms with E-state index < -0.39 is 37.5 Å². The first-order chi connectivity index (χ1) is 8.15. The van der Waals surface area contributed by atoms with Crippen LogP contribution in [0, 0.1) is 0 Å². The lowest BCUT2D eigenvalue weighted by Crippen LogP contribution is -2.21. The molecule has 0 bridgehead atoms. The van der Waals surface area contributed by atoms with Gasteiger partial charge in [0.15, 0.2) is 0 Å². The molecule has 1 rings (SSSR count). The number of carboxylic acids is 1. The predicted molar refractivity (Wildman–Crippen MR) is 62.0 cm³/mol. The SMILES string of the molecule is O=C(O)c1cc(Cl)c(NS(=O)(=O)C(F)F)c(Cl)c1. The van der Waals surface area contributed by atoms with Crippen molar-refractivity contribution in [1.82, 2.24) is 0 Å². The van der Waals surface area contributed by atoms with Gasteiger partial charge in [-0.2, -0.15) is 8.78 Å². The minimum absolute atomic E-state index is 0.301. The Labute approximate surface area is 110 Å². The summed E-state index contributed by atoms with van der Waals surface area (Å²) in [5, 5.41) is 7.87. The zero-order chi connectivity index (χ0) is 14.1. The van der Waals surface area contributed by atoms with Crippen LogP contribution in [0.5, 0.6) is 0 Å². The van der Waals surface area contributed by atoms with Crippen LogP contribution in [0.25, 0.3) is 0 Å². The van der Waals surface area contributed by atoms with Crippen LogP contribution in [0.1, 0.15) is 10.4 Å². The van der Waals surface area contributed by atoms with Gasteiger partial charge in [-0.3, -0.25) is 4.72 Å². The van der Waals surface area contributed by atoms with E-state index in [9.17, 15) is 22.0 Å². The van der Waals surface area contributed by atoms with Crippen LogP contribution in [0.2, 0.25) is 10.0 Å². The fraction of sp³-hybridized carbons (Fsp3) is 0.125. The van der Waals surface area contributed by atoms with E-state index in [1.54, 1.807) is 0 Å². The van der Waals surface area contributed by atoms with Crippen molar-refractivity contribution < 1.29 is 27.1 Å². The molecule has 5 nitrogen and oxygen atoms in total. The highest BCUT2D eigenvalue weighted by molar-refractivity contribution is 7.93. The second kappa shape index (κ2) is 5.25. The molecule has 0 aromatic heterocycles. The van der Waals surface area contributed by atoms with Crippen LogP contribution in [0.15, 0.2) is 12.1 Å². The Morgan fingerprint density at radius 2 is 1.72 bits per heavy atom. The molecule has 1 aromatic rings. The largest absolute Gasteiger partial charge is 0.478 e. The molecule has 0 fully saturated rings. The topological polar surface area (TPSA) is 83.5 Å². The average Bonchev–Trinajstić information content (AvgIpc) is 2.22. The summed E-state index contributed by atoms with van der Waals surface area (Å²) in [6, 6.07) is 1.78. The van der Waals surface area contributed by atoms with Gasteiger partial charge < -0.3 is 5.11 Å². The van der Waals surface area contributed by atoms with E-state index in [1.807, 2.05) is 0 Å². The third kappa shape index (κ3) is 3.21. The Morgan fingerprint density at radius 1 is 1.28 bits per heavy atom. The van der Waals surface area contributed by atoms with Crippen LogP contribution in [-0.4, -0.2) is 25.3 Å². The molecule has 0 aliphatic heterocycles. The van der Waals surface area contributed by atoms with Crippen LogP contribution < -0.4 is 4.72 Å². The predicted octanol–water partition coefficient (Wildman–Crippen LogP) is 2.66. The second-order valence-electron chi connectivity index (χ2n) is 3.03. The van der Waals surface area contributed by atoms with E-state index in [4.69, 9.17) is 28.3 Å². The van der Waals surface area contributed by atoms with Crippen molar-refractivity contribution in [2.75, 3.05) is 4.72 Å². The van der Waals surface area contributed by atoms with E-state index in [-0.39, 0.29) is 5.56 Å². The molecule has 0 spiro atoms. The summed E-state index contributed by atoms with van der Waals surface area (Å²) >= 11 is 11.1. The zero-order valence-corrected chi connectivity index (χ0v) is 10.7. The van der Waals surface area contributed by atoms with Gasteiger partial charge >= 0.3 is 11.7 Å². The Hall–Kier alpha value is -1.12. The van der Waals surface area contributed by atoms with E-state index in [0.29, 0.717) is 0 Å². The summed E-state index contributed by atoms with van der Waals surface area (Å²) in [5.41, 5.74) is -0.798. The van der Waals surface area contributed by atoms with Gasteiger partial charge in [-0.1, -0.05) is 23.2 Å². The molecule has 100 valence electrons. The van der Waals surface area contributed by atoms with Crippen LogP contribution in [0.4, 0.5) is 14.5 Å². The highest BCUT2D eigenvalue weighted by Crippen LogP contribution is 2.33. The third-order valence-corrected chi connectivity index (χ3v) is 3.32. The molecule has 0 amide bonds. The van der Waals surface area contributed by atoms with Gasteiger partial charge in [-0.05, 0) is 12.1 Å². The number of carboxylic acid groups (broad SMARTS) is 1. The molecule has 0 aliphatic carbocycles. The molecule has 18 heavy (non-hydrogen) atoms. The van der Waals surface area contributed by atoms with Crippen molar-refractivity contribution in [3.05, 3.63) is 27.7 Å². The molecule has 2 N–H and O–H groups in total. The minimum Gasteiger partial charge on any atom is -0.478 e. The Kier molecular flexibility index (Phi) is 4.36. The van der Waals surface area contributed by atoms with Crippen LogP contribution >= 0.6 is 23.2 Å². The smallest absolute Gasteiger partial charge is 0.355 e. The Bertz CT molecular complexity index is 568. The maximum absolute atomic E-state index is 12.1. The van der Waals surface area contributed by atoms with Gasteiger partial charge in [-0.25, -0.2) is 13.2 Å². The molecular formula is C8H5Cl2F2NO4S. The summed E-state index contributed by atoms with van der Waals surface area (Å²) in [4.78, 5) is 10.6. The maximum atomic E-state index is 12.1. The molecular weight excluding hydrogens is 315 g/mol. The first-order valence-corrected chi connectivity index (χ1v) is 6.47. The third-order valence-electron chi connectivity index (χ3n) is 1.77. The first kappa shape index (κ1) is 14.9. The Balaban J connectivity index is 3.24. The fourth-order valence-corrected chi connectivity index (χ4v) is 2.27. The molecule has 0 radical (unpaired) electrons. The number of carbonyl (C=O) groups is 1. The fourth-order valence-electron chi connectivity index (χ4n) is 0.981. The van der Waals surface area contributed by atoms with Gasteiger partial charge in [0, 0.05) is 0 Å². The lowest BCUT2D eigenvalue weighted by atomic mass is 10.2. The number of nitrogens with one attached hydrogen (secondary N) is 1. The number of aromatic carboxylic acids is 1. The summed E-state index contributed by atoms with van der Waals surface area (Å²) in [6.45, 7) is 0. The van der Waals surface area contributed by atoms with E-state index in [0.717, 1.165) is 12.1 Å². The van der Waals surface area contributed by atoms with E-state index in [2.05, 4.69) is 0 Å². The van der Waals surface area contributed by atoms with Crippen molar-refractivity contribution >= 4 is 44.9 Å². The number of anilines is 1. The number of hydrogen-bond donors (Lipinski definition) is 2. The molecule has 0 saturated carbocycles. The molecule has 10 heteroatoms. The summed E-state index contributed by atoms with van der Waals surface area (Å²) < 4.78 is 47.6. The van der Waals surface area contributed by atoms with Gasteiger partial charge in [-0.15, -0.1) is 0 Å². The van der Waals surface area contributed by atoms with Gasteiger partial charge in [0.2, 0.25) is 0 Å². The second-order valence-corrected chi connectivity index (χ2v) is 5.49. The number of halogens is 4. The monoisotopic (exact) mass is 319 g/mol. The molecule has 0 heterocycles. The summed E-state index contributed by atoms with van der Waals surface area (Å²) in [5.74, 6) is -5.01. The van der Waals surface area contributed by atoms with Gasteiger partial charge in [0.25, 0.3) is 10.0 Å². The number of rotatable bonds is 4. The van der Waals surface area contributed by atoms with Crippen LogP contribution in [-0.2, 0) is 10.0 Å². The quantitative estimate of drug-likeness (QED) is 0.893.